The van der Waals surface area contributed by atoms with Gasteiger partial charge in [0.05, 0.1) is 5.69 Å². The molecule has 19 heavy (non-hydrogen) atoms. The van der Waals surface area contributed by atoms with Gasteiger partial charge in [-0.3, -0.25) is 14.4 Å². The quantitative estimate of drug-likeness (QED) is 0.906. The van der Waals surface area contributed by atoms with Crippen molar-refractivity contribution in [1.82, 2.24) is 14.7 Å². The number of likely N-dealkylation sites (N-methyl/N-ethyl adjacent to an activating group) is 1. The predicted octanol–water partition coefficient (Wildman–Crippen LogP) is 2.01. The first-order valence-electron chi connectivity index (χ1n) is 6.44. The first-order chi connectivity index (χ1) is 8.46. The van der Waals surface area contributed by atoms with Crippen LogP contribution < -0.4 is 0 Å². The summed E-state index contributed by atoms with van der Waals surface area (Å²) in [5.74, 6) is -0.823. The fourth-order valence-corrected chi connectivity index (χ4v) is 1.90. The second-order valence-corrected chi connectivity index (χ2v) is 6.65. The second-order valence-electron chi connectivity index (χ2n) is 6.65. The van der Waals surface area contributed by atoms with E-state index in [4.69, 9.17) is 0 Å². The van der Waals surface area contributed by atoms with Crippen LogP contribution in [0.15, 0.2) is 6.20 Å². The Labute approximate surface area is 115 Å². The van der Waals surface area contributed by atoms with Gasteiger partial charge in [0.1, 0.15) is 5.54 Å². The Morgan fingerprint density at radius 3 is 2.32 bits per heavy atom. The molecule has 1 heterocycles. The van der Waals surface area contributed by atoms with E-state index in [0.29, 0.717) is 6.54 Å². The van der Waals surface area contributed by atoms with Gasteiger partial charge in [-0.25, -0.2) is 0 Å². The van der Waals surface area contributed by atoms with Crippen molar-refractivity contribution < 1.29 is 9.90 Å². The van der Waals surface area contributed by atoms with Gasteiger partial charge in [0.2, 0.25) is 0 Å². The standard InChI is InChI=1S/C14H25N3O2/c1-13(2,3)11-10(9-17(7)15-11)8-16(6)14(4,5)12(18)19/h9H,8H2,1-7H3,(H,18,19). The zero-order valence-electron chi connectivity index (χ0n) is 13.0. The Morgan fingerprint density at radius 2 is 1.89 bits per heavy atom. The molecule has 0 spiro atoms. The van der Waals surface area contributed by atoms with Crippen molar-refractivity contribution in [3.05, 3.63) is 17.5 Å². The van der Waals surface area contributed by atoms with E-state index < -0.39 is 11.5 Å². The molecule has 108 valence electrons. The average molecular weight is 267 g/mol. The van der Waals surface area contributed by atoms with Crippen LogP contribution in [0.4, 0.5) is 0 Å². The summed E-state index contributed by atoms with van der Waals surface area (Å²) in [4.78, 5) is 13.1. The molecule has 0 aliphatic carbocycles. The number of aliphatic carboxylic acids is 1. The minimum Gasteiger partial charge on any atom is -0.480 e. The number of hydrogen-bond donors (Lipinski definition) is 1. The third-order valence-electron chi connectivity index (χ3n) is 3.50. The molecular formula is C14H25N3O2. The van der Waals surface area contributed by atoms with Gasteiger partial charge in [-0.2, -0.15) is 5.10 Å². The van der Waals surface area contributed by atoms with Gasteiger partial charge in [-0.05, 0) is 20.9 Å². The topological polar surface area (TPSA) is 58.4 Å². The number of aromatic nitrogens is 2. The molecule has 0 bridgehead atoms. The van der Waals surface area contributed by atoms with Gasteiger partial charge < -0.3 is 5.11 Å². The van der Waals surface area contributed by atoms with E-state index >= 15 is 0 Å². The van der Waals surface area contributed by atoms with Crippen LogP contribution >= 0.6 is 0 Å². The van der Waals surface area contributed by atoms with Crippen LogP contribution in [-0.4, -0.2) is 38.3 Å². The lowest BCUT2D eigenvalue weighted by Gasteiger charge is -2.32. The molecule has 0 atom stereocenters. The SMILES string of the molecule is CN(Cc1cn(C)nc1C(C)(C)C)C(C)(C)C(=O)O. The molecule has 0 aliphatic rings. The van der Waals surface area contributed by atoms with E-state index in [2.05, 4.69) is 25.9 Å². The molecule has 5 heteroatoms. The van der Waals surface area contributed by atoms with E-state index in [0.717, 1.165) is 11.3 Å². The molecule has 0 radical (unpaired) electrons. The number of carboxylic acids is 1. The zero-order chi connectivity index (χ0) is 15.0. The van der Waals surface area contributed by atoms with Crippen LogP contribution in [0, 0.1) is 0 Å². The summed E-state index contributed by atoms with van der Waals surface area (Å²) in [5, 5.41) is 13.8. The number of nitrogens with zero attached hydrogens (tertiary/aromatic N) is 3. The molecule has 0 saturated carbocycles. The normalized spacial score (nSPS) is 13.1. The zero-order valence-corrected chi connectivity index (χ0v) is 13.0. The van der Waals surface area contributed by atoms with Crippen molar-refractivity contribution in [3.63, 3.8) is 0 Å². The lowest BCUT2D eigenvalue weighted by molar-refractivity contribution is -0.148. The van der Waals surface area contributed by atoms with Crippen LogP contribution in [0.2, 0.25) is 0 Å². The number of carbonyl (C=O) groups is 1. The third-order valence-corrected chi connectivity index (χ3v) is 3.50. The lowest BCUT2D eigenvalue weighted by Crippen LogP contribution is -2.47. The van der Waals surface area contributed by atoms with Crippen molar-refractivity contribution in [1.29, 1.82) is 0 Å². The van der Waals surface area contributed by atoms with Crippen molar-refractivity contribution >= 4 is 5.97 Å². The van der Waals surface area contributed by atoms with Gasteiger partial charge in [0, 0.05) is 30.8 Å². The van der Waals surface area contributed by atoms with E-state index in [-0.39, 0.29) is 5.41 Å². The van der Waals surface area contributed by atoms with Crippen LogP contribution in [0.1, 0.15) is 45.9 Å². The summed E-state index contributed by atoms with van der Waals surface area (Å²) in [6, 6.07) is 0. The molecule has 1 aromatic rings. The number of carboxylic acid groups (broad SMARTS) is 1. The van der Waals surface area contributed by atoms with E-state index in [9.17, 15) is 9.90 Å². The molecule has 0 aromatic carbocycles. The highest BCUT2D eigenvalue weighted by atomic mass is 16.4. The molecule has 1 N–H and O–H groups in total. The van der Waals surface area contributed by atoms with Crippen LogP contribution in [0.5, 0.6) is 0 Å². The van der Waals surface area contributed by atoms with Crippen molar-refractivity contribution in [3.8, 4) is 0 Å². The van der Waals surface area contributed by atoms with Gasteiger partial charge in [0.25, 0.3) is 0 Å². The highest BCUT2D eigenvalue weighted by Crippen LogP contribution is 2.26. The van der Waals surface area contributed by atoms with Crippen LogP contribution in [0.3, 0.4) is 0 Å². The minimum absolute atomic E-state index is 0.0508. The second kappa shape index (κ2) is 4.96. The minimum atomic E-state index is -0.898. The molecule has 0 fully saturated rings. The summed E-state index contributed by atoms with van der Waals surface area (Å²) in [6.45, 7) is 10.3. The largest absolute Gasteiger partial charge is 0.480 e. The maximum absolute atomic E-state index is 11.3. The Balaban J connectivity index is 3.04. The average Bonchev–Trinajstić information content (AvgIpc) is 2.58. The Bertz CT molecular complexity index is 470. The molecule has 5 nitrogen and oxygen atoms in total. The van der Waals surface area contributed by atoms with Crippen molar-refractivity contribution in [2.45, 2.75) is 52.1 Å². The summed E-state index contributed by atoms with van der Waals surface area (Å²) in [6.07, 6.45) is 1.97. The maximum atomic E-state index is 11.3. The molecule has 0 amide bonds. The molecular weight excluding hydrogens is 242 g/mol. The molecule has 0 aliphatic heterocycles. The highest BCUT2D eigenvalue weighted by Gasteiger charge is 2.33. The molecule has 1 rings (SSSR count). The summed E-state index contributed by atoms with van der Waals surface area (Å²) < 4.78 is 1.79. The van der Waals surface area contributed by atoms with Gasteiger partial charge in [-0.1, -0.05) is 20.8 Å². The van der Waals surface area contributed by atoms with Gasteiger partial charge >= 0.3 is 5.97 Å². The Kier molecular flexibility index (Phi) is 4.10. The fraction of sp³-hybridized carbons (Fsp3) is 0.714. The third kappa shape index (κ3) is 3.35. The smallest absolute Gasteiger partial charge is 0.323 e. The lowest BCUT2D eigenvalue weighted by atomic mass is 9.89. The van der Waals surface area contributed by atoms with Gasteiger partial charge in [-0.15, -0.1) is 0 Å². The van der Waals surface area contributed by atoms with Crippen LogP contribution in [-0.2, 0) is 23.8 Å². The number of hydrogen-bond acceptors (Lipinski definition) is 3. The van der Waals surface area contributed by atoms with Crippen LogP contribution in [0.25, 0.3) is 0 Å². The first kappa shape index (κ1) is 15.7. The van der Waals surface area contributed by atoms with Crippen molar-refractivity contribution in [2.75, 3.05) is 7.05 Å². The molecule has 0 saturated heterocycles. The van der Waals surface area contributed by atoms with E-state index in [1.165, 1.54) is 0 Å². The summed E-state index contributed by atoms with van der Waals surface area (Å²) >= 11 is 0. The number of rotatable bonds is 4. The fourth-order valence-electron chi connectivity index (χ4n) is 1.90. The van der Waals surface area contributed by atoms with E-state index in [1.807, 2.05) is 25.2 Å². The monoisotopic (exact) mass is 267 g/mol. The Hall–Kier alpha value is -1.36. The molecule has 0 unspecified atom stereocenters. The maximum Gasteiger partial charge on any atom is 0.323 e. The highest BCUT2D eigenvalue weighted by molar-refractivity contribution is 5.77. The summed E-state index contributed by atoms with van der Waals surface area (Å²) in [7, 11) is 3.72. The van der Waals surface area contributed by atoms with E-state index in [1.54, 1.807) is 18.5 Å². The predicted molar refractivity (Wildman–Crippen MR) is 75.1 cm³/mol. The van der Waals surface area contributed by atoms with Crippen molar-refractivity contribution in [2.24, 2.45) is 7.05 Å². The summed E-state index contributed by atoms with van der Waals surface area (Å²) in [5.41, 5.74) is 1.14. The van der Waals surface area contributed by atoms with Gasteiger partial charge in [0.15, 0.2) is 0 Å². The number of aryl methyl sites for hydroxylation is 1. The molecule has 1 aromatic heterocycles. The Morgan fingerprint density at radius 1 is 1.37 bits per heavy atom. The first-order valence-corrected chi connectivity index (χ1v) is 6.44.